The summed E-state index contributed by atoms with van der Waals surface area (Å²) in [6, 6.07) is 18.4. The molecule has 1 amide bonds. The van der Waals surface area contributed by atoms with Crippen molar-refractivity contribution in [2.24, 2.45) is 5.92 Å². The van der Waals surface area contributed by atoms with E-state index in [1.54, 1.807) is 6.20 Å². The van der Waals surface area contributed by atoms with Crippen molar-refractivity contribution in [3.63, 3.8) is 0 Å². The molecule has 1 saturated carbocycles. The summed E-state index contributed by atoms with van der Waals surface area (Å²) in [7, 11) is 0. The molecule has 2 heterocycles. The lowest BCUT2D eigenvalue weighted by Crippen LogP contribution is -2.19. The molecule has 1 unspecified atom stereocenters. The van der Waals surface area contributed by atoms with Crippen LogP contribution in [0.2, 0.25) is 0 Å². The highest BCUT2D eigenvalue weighted by molar-refractivity contribution is 5.95. The van der Waals surface area contributed by atoms with Crippen molar-refractivity contribution in [3.8, 4) is 16.9 Å². The lowest BCUT2D eigenvalue weighted by molar-refractivity contribution is -0.119. The Balaban J connectivity index is 0.00000164. The largest absolute Gasteiger partial charge is 0.489 e. The minimum absolute atomic E-state index is 0.00332. The second-order valence-corrected chi connectivity index (χ2v) is 9.78. The van der Waals surface area contributed by atoms with Gasteiger partial charge in [-0.3, -0.25) is 4.79 Å². The van der Waals surface area contributed by atoms with Crippen molar-refractivity contribution in [1.29, 1.82) is 0 Å². The number of anilines is 1. The summed E-state index contributed by atoms with van der Waals surface area (Å²) in [5, 5.41) is 7.75. The number of aromatic nitrogens is 3. The van der Waals surface area contributed by atoms with Gasteiger partial charge in [0.15, 0.2) is 5.65 Å². The molecule has 1 N–H and O–H groups in total. The zero-order valence-corrected chi connectivity index (χ0v) is 23.1. The van der Waals surface area contributed by atoms with E-state index in [1.165, 1.54) is 25.0 Å². The number of carbonyl (C=O) groups is 1. The van der Waals surface area contributed by atoms with Gasteiger partial charge in [-0.15, -0.1) is 0 Å². The number of nitrogens with zero attached hydrogens (tertiary/aromatic N) is 3. The standard InChI is InChI=1S/C30H34N4O2.C2H6/c1-3-21(2)30(35)33-27-19-32-34-28(24-12-8-5-9-13-24)26(18-31-29(27)34)23-14-16-25(17-15-23)36-20-22-10-6-4-7-11-22;1-2/h4,6-7,10-11,14-19,21,24H,3,5,8-9,12-13,20H2,1-2H3,(H,33,35);1-2H3. The highest BCUT2D eigenvalue weighted by Gasteiger charge is 2.25. The third kappa shape index (κ3) is 6.24. The van der Waals surface area contributed by atoms with Gasteiger partial charge in [0.2, 0.25) is 5.91 Å². The quantitative estimate of drug-likeness (QED) is 0.259. The molecule has 1 atom stereocenters. The molecule has 1 fully saturated rings. The second-order valence-electron chi connectivity index (χ2n) is 9.78. The first-order chi connectivity index (χ1) is 18.6. The number of fused-ring (bicyclic) bond motifs is 1. The Morgan fingerprint density at radius 2 is 1.74 bits per heavy atom. The fourth-order valence-electron chi connectivity index (χ4n) is 4.94. The van der Waals surface area contributed by atoms with Gasteiger partial charge in [-0.25, -0.2) is 9.50 Å². The molecular formula is C32H40N4O2. The van der Waals surface area contributed by atoms with Gasteiger partial charge in [-0.05, 0) is 42.5 Å². The molecule has 6 heteroatoms. The molecule has 1 aliphatic carbocycles. The fraction of sp³-hybridized carbons (Fsp3) is 0.406. The van der Waals surface area contributed by atoms with Crippen LogP contribution in [0.3, 0.4) is 0 Å². The summed E-state index contributed by atoms with van der Waals surface area (Å²) >= 11 is 0. The topological polar surface area (TPSA) is 68.5 Å². The maximum absolute atomic E-state index is 12.5. The summed E-state index contributed by atoms with van der Waals surface area (Å²) in [5.41, 5.74) is 5.89. The number of rotatable bonds is 8. The molecule has 2 aromatic heterocycles. The first-order valence-corrected chi connectivity index (χ1v) is 14.1. The van der Waals surface area contributed by atoms with E-state index in [-0.39, 0.29) is 11.8 Å². The van der Waals surface area contributed by atoms with Gasteiger partial charge < -0.3 is 10.1 Å². The van der Waals surface area contributed by atoms with Crippen LogP contribution >= 0.6 is 0 Å². The Kier molecular flexibility index (Phi) is 9.52. The van der Waals surface area contributed by atoms with E-state index in [0.29, 0.717) is 23.9 Å². The van der Waals surface area contributed by atoms with Gasteiger partial charge in [-0.2, -0.15) is 5.10 Å². The lowest BCUT2D eigenvalue weighted by atomic mass is 9.84. The zero-order chi connectivity index (χ0) is 26.9. The molecule has 2 aromatic carbocycles. The molecule has 0 spiro atoms. The molecule has 0 aliphatic heterocycles. The van der Waals surface area contributed by atoms with Gasteiger partial charge >= 0.3 is 0 Å². The minimum Gasteiger partial charge on any atom is -0.489 e. The lowest BCUT2D eigenvalue weighted by Gasteiger charge is -2.25. The van der Waals surface area contributed by atoms with Crippen molar-refractivity contribution in [3.05, 3.63) is 78.2 Å². The van der Waals surface area contributed by atoms with Crippen molar-refractivity contribution in [2.75, 3.05) is 5.32 Å². The SMILES string of the molecule is CC.CCC(C)C(=O)Nc1cnn2c(C3CCCCC3)c(-c3ccc(OCc4ccccc4)cc3)cnc12. The highest BCUT2D eigenvalue weighted by atomic mass is 16.5. The molecule has 5 rings (SSSR count). The molecule has 0 radical (unpaired) electrons. The molecule has 1 aliphatic rings. The Morgan fingerprint density at radius 1 is 1.03 bits per heavy atom. The van der Waals surface area contributed by atoms with Crippen LogP contribution in [0.5, 0.6) is 5.75 Å². The van der Waals surface area contributed by atoms with E-state index >= 15 is 0 Å². The van der Waals surface area contributed by atoms with E-state index in [9.17, 15) is 4.79 Å². The number of hydrogen-bond donors (Lipinski definition) is 1. The molecule has 6 nitrogen and oxygen atoms in total. The third-order valence-electron chi connectivity index (χ3n) is 7.29. The number of benzene rings is 2. The van der Waals surface area contributed by atoms with E-state index in [0.717, 1.165) is 41.7 Å². The van der Waals surface area contributed by atoms with Crippen LogP contribution in [0.25, 0.3) is 16.8 Å². The average Bonchev–Trinajstić information content (AvgIpc) is 3.40. The van der Waals surface area contributed by atoms with E-state index in [4.69, 9.17) is 14.8 Å². The Hall–Kier alpha value is -3.67. The number of amides is 1. The molecular weight excluding hydrogens is 472 g/mol. The van der Waals surface area contributed by atoms with Gasteiger partial charge in [-0.1, -0.05) is 89.4 Å². The number of ether oxygens (including phenoxy) is 1. The van der Waals surface area contributed by atoms with Crippen LogP contribution in [0.15, 0.2) is 67.0 Å². The van der Waals surface area contributed by atoms with Crippen LogP contribution in [-0.4, -0.2) is 20.5 Å². The molecule has 38 heavy (non-hydrogen) atoms. The maximum Gasteiger partial charge on any atom is 0.227 e. The van der Waals surface area contributed by atoms with Gasteiger partial charge in [0.05, 0.1) is 11.9 Å². The summed E-state index contributed by atoms with van der Waals surface area (Å²) in [6.07, 6.45) is 10.5. The van der Waals surface area contributed by atoms with Crippen LogP contribution in [0.1, 0.15) is 83.4 Å². The Morgan fingerprint density at radius 3 is 2.42 bits per heavy atom. The predicted octanol–water partition coefficient (Wildman–Crippen LogP) is 8.03. The molecule has 4 aromatic rings. The number of carbonyl (C=O) groups excluding carboxylic acids is 1. The van der Waals surface area contributed by atoms with Crippen LogP contribution in [0, 0.1) is 5.92 Å². The number of hydrogen-bond acceptors (Lipinski definition) is 4. The van der Waals surface area contributed by atoms with E-state index in [1.807, 2.05) is 68.7 Å². The monoisotopic (exact) mass is 512 g/mol. The normalized spacial score (nSPS) is 14.4. The third-order valence-corrected chi connectivity index (χ3v) is 7.29. The highest BCUT2D eigenvalue weighted by Crippen LogP contribution is 2.39. The van der Waals surface area contributed by atoms with Crippen LogP contribution in [-0.2, 0) is 11.4 Å². The summed E-state index contributed by atoms with van der Waals surface area (Å²) in [6.45, 7) is 8.50. The summed E-state index contributed by atoms with van der Waals surface area (Å²) in [4.78, 5) is 17.3. The second kappa shape index (κ2) is 13.2. The van der Waals surface area contributed by atoms with E-state index < -0.39 is 0 Å². The maximum atomic E-state index is 12.5. The van der Waals surface area contributed by atoms with Gasteiger partial charge in [0, 0.05) is 23.6 Å². The molecule has 0 saturated heterocycles. The molecule has 0 bridgehead atoms. The predicted molar refractivity (Wildman–Crippen MR) is 154 cm³/mol. The smallest absolute Gasteiger partial charge is 0.227 e. The fourth-order valence-corrected chi connectivity index (χ4v) is 4.94. The average molecular weight is 513 g/mol. The molecule has 200 valence electrons. The van der Waals surface area contributed by atoms with Gasteiger partial charge in [0.25, 0.3) is 0 Å². The van der Waals surface area contributed by atoms with Crippen molar-refractivity contribution < 1.29 is 9.53 Å². The Bertz CT molecular complexity index is 1310. The zero-order valence-electron chi connectivity index (χ0n) is 23.1. The first-order valence-electron chi connectivity index (χ1n) is 14.1. The summed E-state index contributed by atoms with van der Waals surface area (Å²) < 4.78 is 7.95. The van der Waals surface area contributed by atoms with Gasteiger partial charge in [0.1, 0.15) is 18.0 Å². The van der Waals surface area contributed by atoms with Crippen molar-refractivity contribution in [1.82, 2.24) is 14.6 Å². The van der Waals surface area contributed by atoms with Crippen LogP contribution in [0.4, 0.5) is 5.69 Å². The van der Waals surface area contributed by atoms with Crippen LogP contribution < -0.4 is 10.1 Å². The van der Waals surface area contributed by atoms with E-state index in [2.05, 4.69) is 29.6 Å². The summed E-state index contributed by atoms with van der Waals surface area (Å²) in [5.74, 6) is 1.19. The van der Waals surface area contributed by atoms with Crippen molar-refractivity contribution in [2.45, 2.75) is 78.7 Å². The minimum atomic E-state index is -0.0559. The number of nitrogens with one attached hydrogen (secondary N) is 1. The first kappa shape index (κ1) is 27.4. The van der Waals surface area contributed by atoms with Crippen molar-refractivity contribution >= 4 is 17.2 Å². The Labute approximate surface area is 226 Å².